The van der Waals surface area contributed by atoms with Crippen LogP contribution in [0.5, 0.6) is 0 Å². The van der Waals surface area contributed by atoms with Gasteiger partial charge in [0.25, 0.3) is 0 Å². The number of hydrogen-bond acceptors (Lipinski definition) is 0. The van der Waals surface area contributed by atoms with Crippen molar-refractivity contribution in [3.8, 4) is 0 Å². The highest BCUT2D eigenvalue weighted by Crippen LogP contribution is 2.53. The molecule has 0 aliphatic heterocycles. The predicted molar refractivity (Wildman–Crippen MR) is 178 cm³/mol. The maximum absolute atomic E-state index is 2.59. The molecule has 40 heavy (non-hydrogen) atoms. The van der Waals surface area contributed by atoms with Crippen LogP contribution in [0, 0.1) is 65.1 Å². The summed E-state index contributed by atoms with van der Waals surface area (Å²) in [5, 5.41) is 0. The molecule has 0 nitrogen and oxygen atoms in total. The van der Waals surface area contributed by atoms with Crippen LogP contribution < -0.4 is 0 Å². The first-order chi connectivity index (χ1) is 19.6. The van der Waals surface area contributed by atoms with E-state index in [-0.39, 0.29) is 0 Å². The average molecular weight is 555 g/mol. The van der Waals surface area contributed by atoms with Gasteiger partial charge in [0.2, 0.25) is 0 Å². The first kappa shape index (κ1) is 32.9. The lowest BCUT2D eigenvalue weighted by molar-refractivity contribution is -0.00406. The molecule has 7 atom stereocenters. The molecule has 0 heteroatoms. The van der Waals surface area contributed by atoms with Crippen LogP contribution >= 0.6 is 0 Å². The minimum atomic E-state index is 0.968. The fourth-order valence-corrected chi connectivity index (χ4v) is 11.8. The van der Waals surface area contributed by atoms with Crippen molar-refractivity contribution in [2.75, 3.05) is 0 Å². The number of fused-ring (bicyclic) bond motifs is 1. The molecule has 4 aliphatic rings. The van der Waals surface area contributed by atoms with Crippen molar-refractivity contribution in [3.05, 3.63) is 0 Å². The molecule has 4 saturated carbocycles. The van der Waals surface area contributed by atoms with Crippen LogP contribution in [0.4, 0.5) is 0 Å². The van der Waals surface area contributed by atoms with Gasteiger partial charge in [0.05, 0.1) is 0 Å². The fourth-order valence-electron chi connectivity index (χ4n) is 11.8. The van der Waals surface area contributed by atoms with Gasteiger partial charge >= 0.3 is 0 Å². The molecule has 0 aromatic carbocycles. The van der Waals surface area contributed by atoms with Crippen LogP contribution in [0.25, 0.3) is 0 Å². The zero-order chi connectivity index (χ0) is 28.3. The summed E-state index contributed by atoms with van der Waals surface area (Å²) in [6.07, 6.45) is 36.7. The summed E-state index contributed by atoms with van der Waals surface area (Å²) in [5.74, 6) is 11.3. The zero-order valence-electron chi connectivity index (χ0n) is 28.3. The maximum Gasteiger partial charge on any atom is -0.0324 e. The van der Waals surface area contributed by atoms with Crippen molar-refractivity contribution in [1.29, 1.82) is 0 Å². The van der Waals surface area contributed by atoms with Crippen molar-refractivity contribution in [3.63, 3.8) is 0 Å². The Balaban J connectivity index is 1.61. The largest absolute Gasteiger partial charge is 0.0654 e. The van der Waals surface area contributed by atoms with Crippen LogP contribution in [-0.2, 0) is 0 Å². The van der Waals surface area contributed by atoms with E-state index in [4.69, 9.17) is 0 Å². The van der Waals surface area contributed by atoms with Crippen LogP contribution in [0.1, 0.15) is 189 Å². The molecule has 0 aromatic rings. The van der Waals surface area contributed by atoms with Crippen molar-refractivity contribution < 1.29 is 0 Å². The van der Waals surface area contributed by atoms with Crippen molar-refractivity contribution >= 4 is 0 Å². The molecule has 0 amide bonds. The Morgan fingerprint density at radius 3 is 1.77 bits per heavy atom. The molecule has 234 valence electrons. The summed E-state index contributed by atoms with van der Waals surface area (Å²) in [4.78, 5) is 0. The average Bonchev–Trinajstić information content (AvgIpc) is 3.00. The monoisotopic (exact) mass is 555 g/mol. The summed E-state index contributed by atoms with van der Waals surface area (Å²) in [6.45, 7) is 12.6. The Labute approximate surface area is 253 Å². The van der Waals surface area contributed by atoms with Gasteiger partial charge in [0, 0.05) is 0 Å². The second-order valence-corrected chi connectivity index (χ2v) is 16.0. The SMILES string of the molecule is CCCC1C(CC)CCC(C(CC)CC)CCC(CC)CC2CCCCC2C1C1CCC(C2CCCCC2)CC1. The highest BCUT2D eigenvalue weighted by atomic mass is 14.5. The van der Waals surface area contributed by atoms with E-state index in [9.17, 15) is 0 Å². The fraction of sp³-hybridized carbons (Fsp3) is 1.00. The van der Waals surface area contributed by atoms with Crippen LogP contribution in [0.3, 0.4) is 0 Å². The Morgan fingerprint density at radius 2 is 1.12 bits per heavy atom. The van der Waals surface area contributed by atoms with Gasteiger partial charge in [-0.2, -0.15) is 0 Å². The third-order valence-electron chi connectivity index (χ3n) is 14.2. The summed E-state index contributed by atoms with van der Waals surface area (Å²) in [6, 6.07) is 0. The smallest absolute Gasteiger partial charge is 0.0324 e. The van der Waals surface area contributed by atoms with Gasteiger partial charge in [-0.15, -0.1) is 0 Å². The van der Waals surface area contributed by atoms with E-state index in [0.717, 1.165) is 65.1 Å². The van der Waals surface area contributed by atoms with E-state index >= 15 is 0 Å². The highest BCUT2D eigenvalue weighted by molar-refractivity contribution is 4.94. The molecular weight excluding hydrogens is 480 g/mol. The maximum atomic E-state index is 2.59. The minimum absolute atomic E-state index is 0.968. The molecule has 0 aromatic heterocycles. The lowest BCUT2D eigenvalue weighted by atomic mass is 9.55. The Bertz CT molecular complexity index is 647. The van der Waals surface area contributed by atoms with Gasteiger partial charge < -0.3 is 0 Å². The van der Waals surface area contributed by atoms with Gasteiger partial charge in [0.1, 0.15) is 0 Å². The summed E-state index contributed by atoms with van der Waals surface area (Å²) in [5.41, 5.74) is 0. The molecule has 0 saturated heterocycles. The van der Waals surface area contributed by atoms with Gasteiger partial charge in [-0.25, -0.2) is 0 Å². The molecule has 0 radical (unpaired) electrons. The zero-order valence-corrected chi connectivity index (χ0v) is 28.3. The molecule has 0 bridgehead atoms. The van der Waals surface area contributed by atoms with E-state index in [1.165, 1.54) is 89.9 Å². The van der Waals surface area contributed by atoms with E-state index in [0.29, 0.717) is 0 Å². The van der Waals surface area contributed by atoms with Gasteiger partial charge in [0.15, 0.2) is 0 Å². The molecule has 4 rings (SSSR count). The van der Waals surface area contributed by atoms with E-state index in [2.05, 4.69) is 34.6 Å². The summed E-state index contributed by atoms with van der Waals surface area (Å²) in [7, 11) is 0. The van der Waals surface area contributed by atoms with Crippen LogP contribution in [0.2, 0.25) is 0 Å². The minimum Gasteiger partial charge on any atom is -0.0654 e. The molecular formula is C40H74. The van der Waals surface area contributed by atoms with Gasteiger partial charge in [-0.3, -0.25) is 0 Å². The normalized spacial score (nSPS) is 39.3. The van der Waals surface area contributed by atoms with Crippen molar-refractivity contribution in [2.45, 2.75) is 189 Å². The van der Waals surface area contributed by atoms with Gasteiger partial charge in [-0.05, 0) is 123 Å². The molecule has 0 heterocycles. The lowest BCUT2D eigenvalue weighted by Crippen LogP contribution is -2.42. The van der Waals surface area contributed by atoms with Crippen molar-refractivity contribution in [2.24, 2.45) is 65.1 Å². The standard InChI is InChI=1S/C40H74/c1-6-16-38-32(10-5)23-24-34(31(8-3)9-4)22-21-30(7-2)29-37-19-14-15-20-39(37)40(38)36-27-25-35(26-28-36)33-17-12-11-13-18-33/h30-40H,6-29H2,1-5H3. The summed E-state index contributed by atoms with van der Waals surface area (Å²) < 4.78 is 0. The number of rotatable bonds is 9. The van der Waals surface area contributed by atoms with Crippen LogP contribution in [-0.4, -0.2) is 0 Å². The molecule has 0 spiro atoms. The van der Waals surface area contributed by atoms with E-state index in [1.807, 2.05) is 0 Å². The highest BCUT2D eigenvalue weighted by Gasteiger charge is 2.44. The second-order valence-electron chi connectivity index (χ2n) is 16.0. The number of hydrogen-bond donors (Lipinski definition) is 0. The Kier molecular flexibility index (Phi) is 14.3. The quantitative estimate of drug-likeness (QED) is 0.266. The first-order valence-corrected chi connectivity index (χ1v) is 19.6. The molecule has 4 fully saturated rings. The predicted octanol–water partition coefficient (Wildman–Crippen LogP) is 13.3. The van der Waals surface area contributed by atoms with E-state index in [1.54, 1.807) is 64.2 Å². The molecule has 7 unspecified atom stereocenters. The summed E-state index contributed by atoms with van der Waals surface area (Å²) >= 11 is 0. The topological polar surface area (TPSA) is 0 Å². The van der Waals surface area contributed by atoms with E-state index < -0.39 is 0 Å². The Hall–Kier alpha value is 0. The third-order valence-corrected chi connectivity index (χ3v) is 14.2. The lowest BCUT2D eigenvalue weighted by Gasteiger charge is -2.50. The first-order valence-electron chi connectivity index (χ1n) is 19.6. The Morgan fingerprint density at radius 1 is 0.525 bits per heavy atom. The molecule has 4 aliphatic carbocycles. The van der Waals surface area contributed by atoms with Crippen molar-refractivity contribution in [1.82, 2.24) is 0 Å². The van der Waals surface area contributed by atoms with Crippen LogP contribution in [0.15, 0.2) is 0 Å². The van der Waals surface area contributed by atoms with Gasteiger partial charge in [-0.1, -0.05) is 131 Å². The third kappa shape index (κ3) is 8.55. The molecule has 0 N–H and O–H groups in total. The second kappa shape index (κ2) is 17.3.